The van der Waals surface area contributed by atoms with Crippen LogP contribution in [0.1, 0.15) is 41.9 Å². The summed E-state index contributed by atoms with van der Waals surface area (Å²) in [5.74, 6) is -1.27. The van der Waals surface area contributed by atoms with Crippen LogP contribution in [0, 0.1) is 5.92 Å². The van der Waals surface area contributed by atoms with E-state index < -0.39 is 5.91 Å². The summed E-state index contributed by atoms with van der Waals surface area (Å²) >= 11 is 5.90. The van der Waals surface area contributed by atoms with Crippen molar-refractivity contribution in [3.8, 4) is 0 Å². The number of likely N-dealkylation sites (N-methyl/N-ethyl adjacent to an activating group) is 1. The highest BCUT2D eigenvalue weighted by atomic mass is 35.5. The van der Waals surface area contributed by atoms with Crippen LogP contribution >= 0.6 is 11.6 Å². The molecule has 0 aromatic carbocycles. The molecular formula is C28H31ClN6O6. The maximum atomic E-state index is 13.5. The molecule has 216 valence electrons. The molecule has 0 unspecified atom stereocenters. The lowest BCUT2D eigenvalue weighted by molar-refractivity contribution is -0.146. The molecule has 1 aliphatic carbocycles. The van der Waals surface area contributed by atoms with E-state index in [0.717, 1.165) is 0 Å². The largest absolute Gasteiger partial charge is 0.447 e. The quantitative estimate of drug-likeness (QED) is 0.432. The van der Waals surface area contributed by atoms with Crippen molar-refractivity contribution in [2.45, 2.75) is 38.1 Å². The molecule has 0 radical (unpaired) electrons. The van der Waals surface area contributed by atoms with Crippen LogP contribution in [0.5, 0.6) is 0 Å². The first-order valence-electron chi connectivity index (χ1n) is 13.4. The number of morpholine rings is 1. The van der Waals surface area contributed by atoms with E-state index in [1.807, 2.05) is 4.90 Å². The summed E-state index contributed by atoms with van der Waals surface area (Å²) in [7, 11) is 3.31. The second-order valence-corrected chi connectivity index (χ2v) is 10.8. The number of fused-ring (bicyclic) bond motifs is 1. The number of anilines is 2. The Labute approximate surface area is 241 Å². The van der Waals surface area contributed by atoms with Crippen LogP contribution in [0.4, 0.5) is 11.5 Å². The molecule has 2 fully saturated rings. The summed E-state index contributed by atoms with van der Waals surface area (Å²) in [5.41, 5.74) is 1.14. The van der Waals surface area contributed by atoms with Gasteiger partial charge in [-0.25, -0.2) is 9.97 Å². The van der Waals surface area contributed by atoms with Crippen LogP contribution in [-0.2, 0) is 25.5 Å². The van der Waals surface area contributed by atoms with Gasteiger partial charge in [0.2, 0.25) is 23.5 Å². The van der Waals surface area contributed by atoms with Gasteiger partial charge in [0, 0.05) is 38.8 Å². The van der Waals surface area contributed by atoms with Crippen molar-refractivity contribution in [1.82, 2.24) is 19.8 Å². The van der Waals surface area contributed by atoms with Crippen molar-refractivity contribution < 1.29 is 28.3 Å². The zero-order chi connectivity index (χ0) is 29.1. The monoisotopic (exact) mass is 582 g/mol. The van der Waals surface area contributed by atoms with Crippen LogP contribution in [0.25, 0.3) is 11.1 Å². The molecule has 3 aromatic heterocycles. The average Bonchev–Trinajstić information content (AvgIpc) is 3.32. The van der Waals surface area contributed by atoms with Crippen molar-refractivity contribution in [2.75, 3.05) is 44.5 Å². The highest BCUT2D eigenvalue weighted by molar-refractivity contribution is 6.30. The first-order valence-corrected chi connectivity index (χ1v) is 13.8. The number of aromatic nitrogens is 2. The zero-order valence-electron chi connectivity index (χ0n) is 22.8. The second kappa shape index (κ2) is 12.2. The van der Waals surface area contributed by atoms with Gasteiger partial charge in [-0.3, -0.25) is 19.2 Å². The number of hydrogen-bond acceptors (Lipinski definition) is 8. The minimum absolute atomic E-state index is 0.0190. The molecule has 3 aromatic rings. The molecule has 4 amide bonds. The van der Waals surface area contributed by atoms with Gasteiger partial charge in [0.15, 0.2) is 5.58 Å². The minimum atomic E-state index is -0.631. The fourth-order valence-electron chi connectivity index (χ4n) is 5.12. The predicted molar refractivity (Wildman–Crippen MR) is 151 cm³/mol. The van der Waals surface area contributed by atoms with Gasteiger partial charge in [0.1, 0.15) is 23.6 Å². The van der Waals surface area contributed by atoms with Crippen molar-refractivity contribution in [1.29, 1.82) is 0 Å². The molecule has 4 heterocycles. The smallest absolute Gasteiger partial charge is 0.294 e. The molecule has 1 aliphatic heterocycles. The number of carbonyl (C=O) groups excluding carboxylic acids is 4. The minimum Gasteiger partial charge on any atom is -0.447 e. The standard InChI is InChI=1S/C28H31ClN6O6/c1-34(2)22(36)13-18-6-9-20-24(31-18)25(26(41-20)28(39)32-21-10-5-17(29)14-30-21)33-27(38)16-3-7-19(8-4-16)35-11-12-40-15-23(35)37/h5-6,9-10,14,16,19H,3-4,7-8,11-13,15H2,1-2H3,(H,33,38)(H,30,32,39). The predicted octanol–water partition coefficient (Wildman–Crippen LogP) is 3.12. The van der Waals surface area contributed by atoms with Gasteiger partial charge in [-0.15, -0.1) is 0 Å². The van der Waals surface area contributed by atoms with Crippen LogP contribution in [0.2, 0.25) is 5.02 Å². The molecule has 0 bridgehead atoms. The number of ether oxygens (including phenoxy) is 1. The van der Waals surface area contributed by atoms with E-state index in [1.54, 1.807) is 38.4 Å². The molecule has 2 N–H and O–H groups in total. The van der Waals surface area contributed by atoms with Gasteiger partial charge in [0.25, 0.3) is 5.91 Å². The first-order chi connectivity index (χ1) is 19.7. The second-order valence-electron chi connectivity index (χ2n) is 10.4. The molecule has 13 heteroatoms. The number of furan rings is 1. The van der Waals surface area contributed by atoms with Crippen LogP contribution in [-0.4, -0.2) is 83.3 Å². The van der Waals surface area contributed by atoms with Crippen molar-refractivity contribution in [2.24, 2.45) is 5.92 Å². The van der Waals surface area contributed by atoms with Gasteiger partial charge in [-0.2, -0.15) is 0 Å². The fourth-order valence-corrected chi connectivity index (χ4v) is 5.23. The first kappa shape index (κ1) is 28.5. The molecule has 1 saturated carbocycles. The van der Waals surface area contributed by atoms with Crippen molar-refractivity contribution >= 4 is 57.8 Å². The molecule has 41 heavy (non-hydrogen) atoms. The van der Waals surface area contributed by atoms with Crippen LogP contribution in [0.3, 0.4) is 0 Å². The molecule has 2 aliphatic rings. The lowest BCUT2D eigenvalue weighted by Gasteiger charge is -2.38. The van der Waals surface area contributed by atoms with Crippen LogP contribution < -0.4 is 10.6 Å². The molecule has 12 nitrogen and oxygen atoms in total. The topological polar surface area (TPSA) is 147 Å². The van der Waals surface area contributed by atoms with Gasteiger partial charge >= 0.3 is 0 Å². The number of amides is 4. The average molecular weight is 583 g/mol. The summed E-state index contributed by atoms with van der Waals surface area (Å²) in [6.07, 6.45) is 4.00. The Bertz CT molecular complexity index is 1460. The Kier molecular flexibility index (Phi) is 8.50. The van der Waals surface area contributed by atoms with Crippen molar-refractivity contribution in [3.05, 3.63) is 46.9 Å². The number of carbonyl (C=O) groups is 4. The summed E-state index contributed by atoms with van der Waals surface area (Å²) in [4.78, 5) is 63.3. The fraction of sp³-hybridized carbons (Fsp3) is 0.429. The number of hydrogen-bond donors (Lipinski definition) is 2. The zero-order valence-corrected chi connectivity index (χ0v) is 23.6. The molecule has 5 rings (SSSR count). The third kappa shape index (κ3) is 6.49. The van der Waals surface area contributed by atoms with E-state index in [9.17, 15) is 19.2 Å². The number of rotatable bonds is 7. The SMILES string of the molecule is CN(C)C(=O)Cc1ccc2oc(C(=O)Nc3ccc(Cl)cn3)c(NC(=O)C3CCC(N4CCOCC4=O)CC3)c2n1. The number of nitrogens with zero attached hydrogens (tertiary/aromatic N) is 4. The third-order valence-electron chi connectivity index (χ3n) is 7.38. The van der Waals surface area contributed by atoms with E-state index >= 15 is 0 Å². The Balaban J connectivity index is 1.38. The number of pyridine rings is 2. The van der Waals surface area contributed by atoms with Gasteiger partial charge < -0.3 is 29.6 Å². The van der Waals surface area contributed by atoms with Gasteiger partial charge in [-0.05, 0) is 49.9 Å². The molecule has 1 saturated heterocycles. The number of nitrogens with one attached hydrogen (secondary N) is 2. The Hall–Kier alpha value is -4.03. The molecule has 0 atom stereocenters. The van der Waals surface area contributed by atoms with E-state index in [2.05, 4.69) is 20.6 Å². The summed E-state index contributed by atoms with van der Waals surface area (Å²) < 4.78 is 11.1. The van der Waals surface area contributed by atoms with Gasteiger partial charge in [0.05, 0.1) is 23.7 Å². The maximum absolute atomic E-state index is 13.5. The lowest BCUT2D eigenvalue weighted by atomic mass is 9.84. The summed E-state index contributed by atoms with van der Waals surface area (Å²) in [6.45, 7) is 1.18. The highest BCUT2D eigenvalue weighted by Crippen LogP contribution is 2.34. The van der Waals surface area contributed by atoms with Crippen LogP contribution in [0.15, 0.2) is 34.9 Å². The summed E-state index contributed by atoms with van der Waals surface area (Å²) in [5, 5.41) is 5.96. The molecular weight excluding hydrogens is 552 g/mol. The van der Waals surface area contributed by atoms with E-state index in [0.29, 0.717) is 49.6 Å². The van der Waals surface area contributed by atoms with E-state index in [1.165, 1.54) is 11.1 Å². The Morgan fingerprint density at radius 1 is 1.10 bits per heavy atom. The van der Waals surface area contributed by atoms with E-state index in [4.69, 9.17) is 20.8 Å². The normalized spacial score (nSPS) is 19.2. The van der Waals surface area contributed by atoms with Gasteiger partial charge in [-0.1, -0.05) is 11.6 Å². The van der Waals surface area contributed by atoms with Crippen molar-refractivity contribution in [3.63, 3.8) is 0 Å². The Morgan fingerprint density at radius 3 is 2.56 bits per heavy atom. The maximum Gasteiger partial charge on any atom is 0.294 e. The lowest BCUT2D eigenvalue weighted by Crippen LogP contribution is -2.49. The third-order valence-corrected chi connectivity index (χ3v) is 7.60. The summed E-state index contributed by atoms with van der Waals surface area (Å²) in [6, 6.07) is 6.48. The number of halogens is 1. The van der Waals surface area contributed by atoms with E-state index in [-0.39, 0.29) is 71.1 Å². The molecule has 0 spiro atoms. The highest BCUT2D eigenvalue weighted by Gasteiger charge is 2.34. The Morgan fingerprint density at radius 2 is 1.88 bits per heavy atom.